The second kappa shape index (κ2) is 4.09. The third-order valence-corrected chi connectivity index (χ3v) is 2.15. The predicted octanol–water partition coefficient (Wildman–Crippen LogP) is 0.840. The van der Waals surface area contributed by atoms with Crippen molar-refractivity contribution in [2.24, 2.45) is 7.05 Å². The highest BCUT2D eigenvalue weighted by Crippen LogP contribution is 2.13. The quantitative estimate of drug-likeness (QED) is 0.825. The summed E-state index contributed by atoms with van der Waals surface area (Å²) in [5.74, 6) is 0.431. The molecule has 2 aromatic rings. The molecule has 0 aromatic carbocycles. The molecular weight excluding hydrogens is 222 g/mol. The van der Waals surface area contributed by atoms with Crippen LogP contribution in [0.2, 0.25) is 0 Å². The van der Waals surface area contributed by atoms with Crippen LogP contribution in [0.15, 0.2) is 16.8 Å². The van der Waals surface area contributed by atoms with Crippen molar-refractivity contribution in [3.05, 3.63) is 29.3 Å². The van der Waals surface area contributed by atoms with Gasteiger partial charge in [-0.25, -0.2) is 0 Å². The number of carbonyl (C=O) groups is 1. The lowest BCUT2D eigenvalue weighted by molar-refractivity contribution is 0.101. The van der Waals surface area contributed by atoms with Crippen molar-refractivity contribution in [2.45, 2.75) is 6.92 Å². The van der Waals surface area contributed by atoms with Gasteiger partial charge in [-0.3, -0.25) is 9.48 Å². The number of aryl methyl sites for hydroxylation is 2. The van der Waals surface area contributed by atoms with E-state index in [1.807, 2.05) is 6.07 Å². The highest BCUT2D eigenvalue weighted by molar-refractivity contribution is 6.02. The Balaban J connectivity index is 2.24. The molecule has 7 nitrogen and oxygen atoms in total. The van der Waals surface area contributed by atoms with E-state index in [4.69, 9.17) is 9.78 Å². The molecule has 0 radical (unpaired) electrons. The summed E-state index contributed by atoms with van der Waals surface area (Å²) < 4.78 is 6.20. The first-order valence-corrected chi connectivity index (χ1v) is 4.78. The second-order valence-corrected chi connectivity index (χ2v) is 3.42. The lowest BCUT2D eigenvalue weighted by Gasteiger charge is -2.02. The Morgan fingerprint density at radius 1 is 1.65 bits per heavy atom. The molecule has 7 heteroatoms. The molecule has 0 atom stereocenters. The van der Waals surface area contributed by atoms with Crippen LogP contribution in [0.4, 0.5) is 5.82 Å². The van der Waals surface area contributed by atoms with Gasteiger partial charge in [0.25, 0.3) is 5.91 Å². The van der Waals surface area contributed by atoms with Crippen molar-refractivity contribution in [3.63, 3.8) is 0 Å². The van der Waals surface area contributed by atoms with Gasteiger partial charge in [-0.15, -0.1) is 0 Å². The third kappa shape index (κ3) is 2.01. The van der Waals surface area contributed by atoms with Crippen molar-refractivity contribution in [3.8, 4) is 6.07 Å². The van der Waals surface area contributed by atoms with Gasteiger partial charge in [-0.05, 0) is 6.92 Å². The van der Waals surface area contributed by atoms with Crippen molar-refractivity contribution in [2.75, 3.05) is 5.32 Å². The van der Waals surface area contributed by atoms with Gasteiger partial charge in [0.15, 0.2) is 5.69 Å². The minimum Gasteiger partial charge on any atom is -0.361 e. The zero-order valence-corrected chi connectivity index (χ0v) is 9.26. The average molecular weight is 231 g/mol. The third-order valence-electron chi connectivity index (χ3n) is 2.15. The Hall–Kier alpha value is -2.62. The summed E-state index contributed by atoms with van der Waals surface area (Å²) in [6.45, 7) is 1.69. The maximum absolute atomic E-state index is 11.8. The van der Waals surface area contributed by atoms with Gasteiger partial charge in [0.1, 0.15) is 23.2 Å². The van der Waals surface area contributed by atoms with Crippen LogP contribution in [0.1, 0.15) is 21.8 Å². The first-order chi connectivity index (χ1) is 8.11. The van der Waals surface area contributed by atoms with Crippen molar-refractivity contribution in [1.29, 1.82) is 5.26 Å². The first-order valence-electron chi connectivity index (χ1n) is 4.78. The highest BCUT2D eigenvalue weighted by Gasteiger charge is 2.15. The zero-order chi connectivity index (χ0) is 12.4. The Morgan fingerprint density at radius 2 is 2.41 bits per heavy atom. The summed E-state index contributed by atoms with van der Waals surface area (Å²) in [6.07, 6.45) is 1.38. The van der Waals surface area contributed by atoms with E-state index in [9.17, 15) is 4.79 Å². The fraction of sp³-hybridized carbons (Fsp3) is 0.200. The van der Waals surface area contributed by atoms with Crippen LogP contribution in [-0.4, -0.2) is 20.8 Å². The normalized spacial score (nSPS) is 9.94. The van der Waals surface area contributed by atoms with Gasteiger partial charge in [0.05, 0.1) is 6.20 Å². The monoisotopic (exact) mass is 231 g/mol. The summed E-state index contributed by atoms with van der Waals surface area (Å²) in [5, 5.41) is 18.8. The molecule has 0 saturated carbocycles. The number of rotatable bonds is 2. The van der Waals surface area contributed by atoms with Gasteiger partial charge in [0, 0.05) is 13.1 Å². The lowest BCUT2D eigenvalue weighted by atomic mass is 10.3. The van der Waals surface area contributed by atoms with Gasteiger partial charge >= 0.3 is 0 Å². The Kier molecular flexibility index (Phi) is 2.62. The van der Waals surface area contributed by atoms with Crippen LogP contribution >= 0.6 is 0 Å². The number of nitrogens with zero attached hydrogens (tertiary/aromatic N) is 4. The molecule has 1 amide bonds. The SMILES string of the molecule is Cc1cc(C(=O)Nc2c(C#N)cnn2C)no1. The largest absolute Gasteiger partial charge is 0.361 e. The molecule has 0 aliphatic heterocycles. The van der Waals surface area contributed by atoms with E-state index in [1.165, 1.54) is 16.9 Å². The van der Waals surface area contributed by atoms with E-state index in [-0.39, 0.29) is 5.69 Å². The molecule has 86 valence electrons. The molecule has 0 aliphatic rings. The smallest absolute Gasteiger partial charge is 0.279 e. The van der Waals surface area contributed by atoms with E-state index < -0.39 is 5.91 Å². The van der Waals surface area contributed by atoms with Crippen molar-refractivity contribution in [1.82, 2.24) is 14.9 Å². The second-order valence-electron chi connectivity index (χ2n) is 3.42. The van der Waals surface area contributed by atoms with Crippen LogP contribution in [-0.2, 0) is 7.05 Å². The number of anilines is 1. The van der Waals surface area contributed by atoms with Gasteiger partial charge in [0.2, 0.25) is 0 Å². The molecule has 0 fully saturated rings. The van der Waals surface area contributed by atoms with Crippen LogP contribution in [0.5, 0.6) is 0 Å². The van der Waals surface area contributed by atoms with E-state index in [0.717, 1.165) is 0 Å². The molecule has 0 saturated heterocycles. The maximum atomic E-state index is 11.8. The number of amides is 1. The fourth-order valence-electron chi connectivity index (χ4n) is 1.31. The number of hydrogen-bond donors (Lipinski definition) is 1. The van der Waals surface area contributed by atoms with Gasteiger partial charge in [-0.1, -0.05) is 5.16 Å². The highest BCUT2D eigenvalue weighted by atomic mass is 16.5. The van der Waals surface area contributed by atoms with Crippen molar-refractivity contribution < 1.29 is 9.32 Å². The molecule has 2 rings (SSSR count). The van der Waals surface area contributed by atoms with E-state index in [1.54, 1.807) is 14.0 Å². The number of nitrogens with one attached hydrogen (secondary N) is 1. The predicted molar refractivity (Wildman–Crippen MR) is 57.1 cm³/mol. The number of aromatic nitrogens is 3. The molecule has 0 unspecified atom stereocenters. The summed E-state index contributed by atoms with van der Waals surface area (Å²) >= 11 is 0. The van der Waals surface area contributed by atoms with Crippen molar-refractivity contribution >= 4 is 11.7 Å². The Labute approximate surface area is 96.6 Å². The Bertz CT molecular complexity index is 604. The molecular formula is C10H9N5O2. The summed E-state index contributed by atoms with van der Waals surface area (Å²) in [7, 11) is 1.63. The molecule has 2 heterocycles. The molecule has 0 bridgehead atoms. The molecule has 17 heavy (non-hydrogen) atoms. The Morgan fingerprint density at radius 3 is 3.00 bits per heavy atom. The first kappa shape index (κ1) is 10.9. The van der Waals surface area contributed by atoms with Crippen LogP contribution < -0.4 is 5.32 Å². The number of hydrogen-bond acceptors (Lipinski definition) is 5. The van der Waals surface area contributed by atoms with Crippen LogP contribution in [0, 0.1) is 18.3 Å². The molecule has 2 aromatic heterocycles. The topological polar surface area (TPSA) is 96.7 Å². The summed E-state index contributed by atoms with van der Waals surface area (Å²) in [6, 6.07) is 3.45. The molecule has 0 spiro atoms. The lowest BCUT2D eigenvalue weighted by Crippen LogP contribution is -2.15. The molecule has 1 N–H and O–H groups in total. The van der Waals surface area contributed by atoms with Crippen LogP contribution in [0.25, 0.3) is 0 Å². The van der Waals surface area contributed by atoms with E-state index >= 15 is 0 Å². The average Bonchev–Trinajstić information content (AvgIpc) is 2.87. The summed E-state index contributed by atoms with van der Waals surface area (Å²) in [4.78, 5) is 11.8. The number of carbonyl (C=O) groups excluding carboxylic acids is 1. The minimum absolute atomic E-state index is 0.160. The minimum atomic E-state index is -0.443. The fourth-order valence-corrected chi connectivity index (χ4v) is 1.31. The summed E-state index contributed by atoms with van der Waals surface area (Å²) in [5.41, 5.74) is 0.452. The van der Waals surface area contributed by atoms with Crippen LogP contribution in [0.3, 0.4) is 0 Å². The van der Waals surface area contributed by atoms with Gasteiger partial charge in [-0.2, -0.15) is 10.4 Å². The van der Waals surface area contributed by atoms with E-state index in [0.29, 0.717) is 17.1 Å². The molecule has 0 aliphatic carbocycles. The van der Waals surface area contributed by atoms with Gasteiger partial charge < -0.3 is 9.84 Å². The van der Waals surface area contributed by atoms with E-state index in [2.05, 4.69) is 15.6 Å². The standard InChI is InChI=1S/C10H9N5O2/c1-6-3-8(14-17-6)10(16)13-9-7(4-11)5-12-15(9)2/h3,5H,1-2H3,(H,13,16). The zero-order valence-electron chi connectivity index (χ0n) is 9.26. The number of nitriles is 1. The maximum Gasteiger partial charge on any atom is 0.279 e.